The lowest BCUT2D eigenvalue weighted by Crippen LogP contribution is -2.27. The van der Waals surface area contributed by atoms with Crippen molar-refractivity contribution >= 4 is 40.4 Å². The van der Waals surface area contributed by atoms with E-state index in [0.29, 0.717) is 23.3 Å². The first-order chi connectivity index (χ1) is 11.7. The van der Waals surface area contributed by atoms with Gasteiger partial charge in [-0.3, -0.25) is 19.7 Å². The molecule has 3 rings (SSSR count). The number of rotatable bonds is 4. The number of carbonyl (C=O) groups excluding carboxylic acids is 2. The van der Waals surface area contributed by atoms with E-state index in [1.165, 1.54) is 41.3 Å². The van der Waals surface area contributed by atoms with Crippen molar-refractivity contribution in [1.82, 2.24) is 0 Å². The third-order valence-corrected chi connectivity index (χ3v) is 6.61. The molecular weight excluding hydrogens is 358 g/mol. The van der Waals surface area contributed by atoms with Gasteiger partial charge < -0.3 is 0 Å². The predicted molar refractivity (Wildman–Crippen MR) is 99.1 cm³/mol. The highest BCUT2D eigenvalue weighted by molar-refractivity contribution is 8.00. The molecule has 0 N–H and O–H groups in total. The van der Waals surface area contributed by atoms with E-state index in [1.807, 2.05) is 20.1 Å². The van der Waals surface area contributed by atoms with E-state index in [2.05, 4.69) is 0 Å². The first-order valence-electron chi connectivity index (χ1n) is 7.75. The van der Waals surface area contributed by atoms with Crippen molar-refractivity contribution in [3.05, 3.63) is 55.9 Å². The summed E-state index contributed by atoms with van der Waals surface area (Å²) in [5, 5.41) is 11.0. The fourth-order valence-electron chi connectivity index (χ4n) is 3.18. The number of hydrogen-bond donors (Lipinski definition) is 0. The Hall–Kier alpha value is -1.99. The van der Waals surface area contributed by atoms with Crippen LogP contribution in [0.15, 0.2) is 28.5 Å². The Morgan fingerprint density at radius 1 is 1.32 bits per heavy atom. The number of non-ortho nitro benzene ring substituents is 1. The standard InChI is InChI=1S/C18H17NO4S2/c1-18(2)8-12-14(13(20)9-18)17(24-3)25-16(12)15(21)10-5-4-6-11(7-10)19(22)23/h4-7H,8-9H2,1-3H3. The number of hydrogen-bond acceptors (Lipinski definition) is 6. The number of nitrogens with zero attached hydrogens (tertiary/aromatic N) is 1. The summed E-state index contributed by atoms with van der Waals surface area (Å²) in [7, 11) is 0. The van der Waals surface area contributed by atoms with Crippen molar-refractivity contribution in [1.29, 1.82) is 0 Å². The molecule has 0 aliphatic heterocycles. The van der Waals surface area contributed by atoms with Crippen LogP contribution >= 0.6 is 23.1 Å². The van der Waals surface area contributed by atoms with Crippen LogP contribution in [0, 0.1) is 15.5 Å². The first kappa shape index (κ1) is 17.8. The molecule has 0 bridgehead atoms. The molecule has 0 spiro atoms. The van der Waals surface area contributed by atoms with E-state index in [0.717, 1.165) is 9.77 Å². The van der Waals surface area contributed by atoms with Crippen LogP contribution in [0.4, 0.5) is 5.69 Å². The van der Waals surface area contributed by atoms with Crippen LogP contribution in [0.2, 0.25) is 0 Å². The van der Waals surface area contributed by atoms with Gasteiger partial charge >= 0.3 is 0 Å². The van der Waals surface area contributed by atoms with Crippen LogP contribution in [0.1, 0.15) is 51.4 Å². The van der Waals surface area contributed by atoms with Gasteiger partial charge in [-0.15, -0.1) is 23.1 Å². The quantitative estimate of drug-likeness (QED) is 0.333. The van der Waals surface area contributed by atoms with Crippen LogP contribution in [0.3, 0.4) is 0 Å². The average Bonchev–Trinajstić information content (AvgIpc) is 2.91. The Kier molecular flexibility index (Phi) is 4.55. The zero-order valence-electron chi connectivity index (χ0n) is 14.1. The van der Waals surface area contributed by atoms with E-state index in [-0.39, 0.29) is 28.2 Å². The molecule has 1 aliphatic rings. The lowest BCUT2D eigenvalue weighted by atomic mass is 9.74. The maximum Gasteiger partial charge on any atom is 0.270 e. The van der Waals surface area contributed by atoms with E-state index in [1.54, 1.807) is 6.07 Å². The summed E-state index contributed by atoms with van der Waals surface area (Å²) in [6.07, 6.45) is 3.01. The number of ketones is 2. The summed E-state index contributed by atoms with van der Waals surface area (Å²) in [6, 6.07) is 5.75. The minimum absolute atomic E-state index is 0.0740. The van der Waals surface area contributed by atoms with Gasteiger partial charge in [-0.25, -0.2) is 0 Å². The molecule has 0 atom stereocenters. The SMILES string of the molecule is CSc1sc(C(=O)c2cccc([N+](=O)[O-])c2)c2c1C(=O)CC(C)(C)C2. The minimum Gasteiger partial charge on any atom is -0.294 e. The molecule has 1 aromatic carbocycles. The van der Waals surface area contributed by atoms with Gasteiger partial charge in [0.15, 0.2) is 5.78 Å². The topological polar surface area (TPSA) is 77.3 Å². The predicted octanol–water partition coefficient (Wildman–Crippen LogP) is 4.76. The molecule has 1 aliphatic carbocycles. The molecule has 0 radical (unpaired) electrons. The van der Waals surface area contributed by atoms with Crippen molar-refractivity contribution < 1.29 is 14.5 Å². The molecular formula is C18H17NO4S2. The van der Waals surface area contributed by atoms with Gasteiger partial charge in [0.2, 0.25) is 5.78 Å². The largest absolute Gasteiger partial charge is 0.294 e. The van der Waals surface area contributed by atoms with E-state index < -0.39 is 4.92 Å². The zero-order chi connectivity index (χ0) is 18.4. The lowest BCUT2D eigenvalue weighted by Gasteiger charge is -2.29. The van der Waals surface area contributed by atoms with Gasteiger partial charge in [-0.1, -0.05) is 26.0 Å². The first-order valence-corrected chi connectivity index (χ1v) is 9.79. The normalized spacial score (nSPS) is 15.7. The number of carbonyl (C=O) groups is 2. The highest BCUT2D eigenvalue weighted by Gasteiger charge is 2.37. The van der Waals surface area contributed by atoms with E-state index in [4.69, 9.17) is 0 Å². The number of thiophene rings is 1. The Morgan fingerprint density at radius 2 is 2.04 bits per heavy atom. The van der Waals surface area contributed by atoms with Gasteiger partial charge in [-0.05, 0) is 23.7 Å². The second-order valence-electron chi connectivity index (χ2n) is 6.85. The number of nitro benzene ring substituents is 1. The van der Waals surface area contributed by atoms with Crippen molar-refractivity contribution in [2.45, 2.75) is 30.9 Å². The number of nitro groups is 1. The molecule has 1 heterocycles. The van der Waals surface area contributed by atoms with Crippen molar-refractivity contribution in [3.8, 4) is 0 Å². The summed E-state index contributed by atoms with van der Waals surface area (Å²) < 4.78 is 0.851. The smallest absolute Gasteiger partial charge is 0.270 e. The Morgan fingerprint density at radius 3 is 2.68 bits per heavy atom. The number of fused-ring (bicyclic) bond motifs is 1. The van der Waals surface area contributed by atoms with Crippen molar-refractivity contribution in [2.24, 2.45) is 5.41 Å². The molecule has 0 unspecified atom stereocenters. The van der Waals surface area contributed by atoms with Gasteiger partial charge in [-0.2, -0.15) is 0 Å². The molecule has 25 heavy (non-hydrogen) atoms. The molecule has 5 nitrogen and oxygen atoms in total. The van der Waals surface area contributed by atoms with Crippen LogP contribution in [-0.4, -0.2) is 22.7 Å². The molecule has 130 valence electrons. The van der Waals surface area contributed by atoms with Gasteiger partial charge in [0.1, 0.15) is 0 Å². The second-order valence-corrected chi connectivity index (χ2v) is 8.95. The maximum absolute atomic E-state index is 13.0. The van der Waals surface area contributed by atoms with Crippen LogP contribution in [0.25, 0.3) is 0 Å². The fraction of sp³-hybridized carbons (Fsp3) is 0.333. The van der Waals surface area contributed by atoms with Gasteiger partial charge in [0.25, 0.3) is 5.69 Å². The van der Waals surface area contributed by atoms with Crippen LogP contribution in [-0.2, 0) is 6.42 Å². The summed E-state index contributed by atoms with van der Waals surface area (Å²) >= 11 is 2.79. The van der Waals surface area contributed by atoms with Gasteiger partial charge in [0, 0.05) is 29.7 Å². The van der Waals surface area contributed by atoms with E-state index in [9.17, 15) is 19.7 Å². The Bertz CT molecular complexity index is 898. The van der Waals surface area contributed by atoms with Gasteiger partial charge in [0.05, 0.1) is 14.0 Å². The van der Waals surface area contributed by atoms with Crippen molar-refractivity contribution in [2.75, 3.05) is 6.26 Å². The molecule has 0 amide bonds. The van der Waals surface area contributed by atoms with Crippen molar-refractivity contribution in [3.63, 3.8) is 0 Å². The zero-order valence-corrected chi connectivity index (χ0v) is 15.8. The molecule has 0 saturated heterocycles. The Balaban J connectivity index is 2.12. The highest BCUT2D eigenvalue weighted by atomic mass is 32.2. The number of Topliss-reactive ketones (excluding diaryl/α,β-unsaturated/α-hetero) is 1. The van der Waals surface area contributed by atoms with Crippen LogP contribution < -0.4 is 0 Å². The maximum atomic E-state index is 13.0. The summed E-state index contributed by atoms with van der Waals surface area (Å²) in [5.41, 5.74) is 1.44. The average molecular weight is 375 g/mol. The summed E-state index contributed by atoms with van der Waals surface area (Å²) in [5.74, 6) is -0.180. The molecule has 0 saturated carbocycles. The molecule has 0 fully saturated rings. The number of thioether (sulfide) groups is 1. The Labute approximate surface area is 153 Å². The third-order valence-electron chi connectivity index (χ3n) is 4.26. The van der Waals surface area contributed by atoms with E-state index >= 15 is 0 Å². The monoisotopic (exact) mass is 375 g/mol. The molecule has 1 aromatic heterocycles. The molecule has 7 heteroatoms. The number of benzene rings is 1. The summed E-state index contributed by atoms with van der Waals surface area (Å²) in [6.45, 7) is 4.04. The minimum atomic E-state index is -0.513. The van der Waals surface area contributed by atoms with Crippen LogP contribution in [0.5, 0.6) is 0 Å². The third kappa shape index (κ3) is 3.26. The molecule has 2 aromatic rings. The highest BCUT2D eigenvalue weighted by Crippen LogP contribution is 2.45. The fourth-order valence-corrected chi connectivity index (χ4v) is 5.23. The summed E-state index contributed by atoms with van der Waals surface area (Å²) in [4.78, 5) is 36.6. The lowest BCUT2D eigenvalue weighted by molar-refractivity contribution is -0.384. The second kappa shape index (κ2) is 6.38.